The van der Waals surface area contributed by atoms with Gasteiger partial charge in [0.25, 0.3) is 0 Å². The van der Waals surface area contributed by atoms with Crippen LogP contribution in [0.5, 0.6) is 5.75 Å². The zero-order valence-electron chi connectivity index (χ0n) is 10.7. The van der Waals surface area contributed by atoms with Crippen LogP contribution in [0.25, 0.3) is 0 Å². The number of phenols is 1. The first-order chi connectivity index (χ1) is 7.78. The number of carbonyl (C=O) groups is 1. The molecule has 4 nitrogen and oxygen atoms in total. The maximum absolute atomic E-state index is 11.4. The van der Waals surface area contributed by atoms with E-state index in [1.807, 2.05) is 33.8 Å². The molecule has 0 saturated heterocycles. The quantitative estimate of drug-likeness (QED) is 0.831. The third-order valence-electron chi connectivity index (χ3n) is 2.10. The number of phenolic OH excluding ortho intramolecular Hbond substituents is 1. The van der Waals surface area contributed by atoms with Crippen molar-refractivity contribution in [1.29, 1.82) is 0 Å². The number of aromatic hydroxyl groups is 1. The van der Waals surface area contributed by atoms with Crippen molar-refractivity contribution in [2.45, 2.75) is 39.8 Å². The average Bonchev–Trinajstić information content (AvgIpc) is 2.17. The van der Waals surface area contributed by atoms with E-state index in [0.717, 1.165) is 11.1 Å². The molecular formula is C13H19NO3. The first kappa shape index (κ1) is 13.4. The number of alkyl carbamates (subject to hydrolysis) is 1. The van der Waals surface area contributed by atoms with Crippen molar-refractivity contribution in [3.63, 3.8) is 0 Å². The van der Waals surface area contributed by atoms with Gasteiger partial charge >= 0.3 is 6.09 Å². The van der Waals surface area contributed by atoms with Crippen molar-refractivity contribution in [2.24, 2.45) is 0 Å². The second kappa shape index (κ2) is 5.08. The van der Waals surface area contributed by atoms with E-state index in [0.29, 0.717) is 6.54 Å². The lowest BCUT2D eigenvalue weighted by Crippen LogP contribution is -2.32. The second-order valence-electron chi connectivity index (χ2n) is 4.98. The molecule has 1 rings (SSSR count). The van der Waals surface area contributed by atoms with Crippen LogP contribution >= 0.6 is 0 Å². The summed E-state index contributed by atoms with van der Waals surface area (Å²) in [7, 11) is 0. The molecule has 0 aromatic heterocycles. The van der Waals surface area contributed by atoms with Gasteiger partial charge in [-0.25, -0.2) is 4.79 Å². The van der Waals surface area contributed by atoms with Gasteiger partial charge in [0.1, 0.15) is 11.4 Å². The van der Waals surface area contributed by atoms with Crippen LogP contribution in [-0.2, 0) is 11.3 Å². The minimum Gasteiger partial charge on any atom is -0.508 e. The highest BCUT2D eigenvalue weighted by atomic mass is 16.6. The van der Waals surface area contributed by atoms with E-state index in [9.17, 15) is 9.90 Å². The van der Waals surface area contributed by atoms with Crippen LogP contribution in [0.1, 0.15) is 31.9 Å². The van der Waals surface area contributed by atoms with E-state index in [4.69, 9.17) is 4.74 Å². The van der Waals surface area contributed by atoms with E-state index in [2.05, 4.69) is 5.32 Å². The Kier molecular flexibility index (Phi) is 3.99. The van der Waals surface area contributed by atoms with Gasteiger partial charge in [0.2, 0.25) is 0 Å². The molecule has 1 aromatic rings. The number of carbonyl (C=O) groups excluding carboxylic acids is 1. The average molecular weight is 237 g/mol. The van der Waals surface area contributed by atoms with Crippen LogP contribution in [-0.4, -0.2) is 16.8 Å². The molecule has 17 heavy (non-hydrogen) atoms. The van der Waals surface area contributed by atoms with E-state index in [1.165, 1.54) is 0 Å². The van der Waals surface area contributed by atoms with Gasteiger partial charge < -0.3 is 15.2 Å². The Balaban J connectivity index is 2.50. The van der Waals surface area contributed by atoms with Crippen LogP contribution in [0, 0.1) is 6.92 Å². The molecule has 0 saturated carbocycles. The number of benzene rings is 1. The second-order valence-corrected chi connectivity index (χ2v) is 4.98. The third kappa shape index (κ3) is 4.76. The molecule has 0 bridgehead atoms. The molecule has 0 unspecified atom stereocenters. The topological polar surface area (TPSA) is 58.6 Å². The van der Waals surface area contributed by atoms with Gasteiger partial charge in [-0.05, 0) is 44.9 Å². The maximum Gasteiger partial charge on any atom is 0.407 e. The number of hydrogen-bond acceptors (Lipinski definition) is 3. The van der Waals surface area contributed by atoms with Gasteiger partial charge in [-0.1, -0.05) is 12.1 Å². The lowest BCUT2D eigenvalue weighted by atomic mass is 10.1. The number of ether oxygens (including phenoxy) is 1. The van der Waals surface area contributed by atoms with Crippen molar-refractivity contribution >= 4 is 6.09 Å². The highest BCUT2D eigenvalue weighted by molar-refractivity contribution is 5.67. The number of amides is 1. The lowest BCUT2D eigenvalue weighted by Gasteiger charge is -2.19. The Bertz CT molecular complexity index is 408. The fourth-order valence-corrected chi connectivity index (χ4v) is 1.32. The predicted octanol–water partition coefficient (Wildman–Crippen LogP) is 2.73. The summed E-state index contributed by atoms with van der Waals surface area (Å²) in [5, 5.41) is 12.0. The fourth-order valence-electron chi connectivity index (χ4n) is 1.32. The smallest absolute Gasteiger partial charge is 0.407 e. The third-order valence-corrected chi connectivity index (χ3v) is 2.10. The molecule has 0 fully saturated rings. The van der Waals surface area contributed by atoms with E-state index in [-0.39, 0.29) is 5.75 Å². The Labute approximate surface area is 102 Å². The first-order valence-electron chi connectivity index (χ1n) is 5.53. The summed E-state index contributed by atoms with van der Waals surface area (Å²) < 4.78 is 5.11. The summed E-state index contributed by atoms with van der Waals surface area (Å²) in [6.07, 6.45) is -0.441. The zero-order valence-corrected chi connectivity index (χ0v) is 10.7. The molecule has 0 aliphatic rings. The van der Waals surface area contributed by atoms with Crippen LogP contribution in [0.2, 0.25) is 0 Å². The largest absolute Gasteiger partial charge is 0.508 e. The molecule has 0 atom stereocenters. The number of hydrogen-bond donors (Lipinski definition) is 2. The molecular weight excluding hydrogens is 218 g/mol. The Hall–Kier alpha value is -1.71. The van der Waals surface area contributed by atoms with Gasteiger partial charge in [-0.2, -0.15) is 0 Å². The maximum atomic E-state index is 11.4. The summed E-state index contributed by atoms with van der Waals surface area (Å²) in [6, 6.07) is 5.20. The number of nitrogens with one attached hydrogen (secondary N) is 1. The van der Waals surface area contributed by atoms with Crippen molar-refractivity contribution in [3.05, 3.63) is 29.3 Å². The van der Waals surface area contributed by atoms with Gasteiger partial charge in [-0.15, -0.1) is 0 Å². The molecule has 4 heteroatoms. The normalized spacial score (nSPS) is 11.1. The van der Waals surface area contributed by atoms with Gasteiger partial charge in [0.05, 0.1) is 0 Å². The standard InChI is InChI=1S/C13H19NO3/c1-9-7-10(5-6-11(9)15)8-14-12(16)17-13(2,3)4/h5-7,15H,8H2,1-4H3,(H,14,16). The van der Waals surface area contributed by atoms with E-state index >= 15 is 0 Å². The van der Waals surface area contributed by atoms with Crippen LogP contribution in [0.4, 0.5) is 4.79 Å². The Morgan fingerprint density at radius 3 is 2.59 bits per heavy atom. The summed E-state index contributed by atoms with van der Waals surface area (Å²) in [5.74, 6) is 0.256. The van der Waals surface area contributed by atoms with Crippen LogP contribution in [0.15, 0.2) is 18.2 Å². The SMILES string of the molecule is Cc1cc(CNC(=O)OC(C)(C)C)ccc1O. The van der Waals surface area contributed by atoms with Crippen molar-refractivity contribution < 1.29 is 14.6 Å². The number of aryl methyl sites for hydroxylation is 1. The van der Waals surface area contributed by atoms with Crippen LogP contribution < -0.4 is 5.32 Å². The lowest BCUT2D eigenvalue weighted by molar-refractivity contribution is 0.0523. The van der Waals surface area contributed by atoms with Crippen molar-refractivity contribution in [1.82, 2.24) is 5.32 Å². The summed E-state index contributed by atoms with van der Waals surface area (Å²) in [6.45, 7) is 7.65. The summed E-state index contributed by atoms with van der Waals surface area (Å²) in [4.78, 5) is 11.4. The minimum atomic E-state index is -0.491. The Morgan fingerprint density at radius 1 is 1.41 bits per heavy atom. The van der Waals surface area contributed by atoms with E-state index in [1.54, 1.807) is 12.1 Å². The van der Waals surface area contributed by atoms with Gasteiger partial charge in [0, 0.05) is 6.54 Å². The molecule has 0 aliphatic heterocycles. The molecule has 1 aromatic carbocycles. The molecule has 1 amide bonds. The molecule has 2 N–H and O–H groups in total. The summed E-state index contributed by atoms with van der Waals surface area (Å²) >= 11 is 0. The van der Waals surface area contributed by atoms with Gasteiger partial charge in [0.15, 0.2) is 0 Å². The summed E-state index contributed by atoms with van der Waals surface area (Å²) in [5.41, 5.74) is 1.22. The first-order valence-corrected chi connectivity index (χ1v) is 5.53. The van der Waals surface area contributed by atoms with Gasteiger partial charge in [-0.3, -0.25) is 0 Å². The van der Waals surface area contributed by atoms with E-state index < -0.39 is 11.7 Å². The highest BCUT2D eigenvalue weighted by Gasteiger charge is 2.15. The molecule has 0 aliphatic carbocycles. The molecule has 0 heterocycles. The van der Waals surface area contributed by atoms with Crippen LogP contribution in [0.3, 0.4) is 0 Å². The van der Waals surface area contributed by atoms with Crippen molar-refractivity contribution in [3.8, 4) is 5.75 Å². The molecule has 94 valence electrons. The number of rotatable bonds is 2. The Morgan fingerprint density at radius 2 is 2.06 bits per heavy atom. The van der Waals surface area contributed by atoms with Crippen molar-refractivity contribution in [2.75, 3.05) is 0 Å². The zero-order chi connectivity index (χ0) is 13.1. The highest BCUT2D eigenvalue weighted by Crippen LogP contribution is 2.16. The minimum absolute atomic E-state index is 0.256. The fraction of sp³-hybridized carbons (Fsp3) is 0.462. The predicted molar refractivity (Wildman–Crippen MR) is 65.9 cm³/mol. The molecule has 0 spiro atoms. The molecule has 0 radical (unpaired) electrons. The monoisotopic (exact) mass is 237 g/mol.